The molecule has 3 heteroatoms. The van der Waals surface area contributed by atoms with E-state index in [1.54, 1.807) is 6.92 Å². The first kappa shape index (κ1) is 12.7. The Morgan fingerprint density at radius 3 is 2.62 bits per heavy atom. The van der Waals surface area contributed by atoms with Gasteiger partial charge in [0.1, 0.15) is 11.2 Å². The maximum atomic E-state index is 11.4. The van der Waals surface area contributed by atoms with Crippen molar-refractivity contribution in [1.82, 2.24) is 0 Å². The average Bonchev–Trinajstić information content (AvgIpc) is 2.22. The van der Waals surface area contributed by atoms with Crippen molar-refractivity contribution < 1.29 is 4.79 Å². The van der Waals surface area contributed by atoms with Crippen LogP contribution in [-0.4, -0.2) is 5.78 Å². The van der Waals surface area contributed by atoms with Gasteiger partial charge in [0, 0.05) is 5.02 Å². The quantitative estimate of drug-likeness (QED) is 0.807. The molecule has 1 aromatic rings. The van der Waals surface area contributed by atoms with Crippen molar-refractivity contribution >= 4 is 17.4 Å². The zero-order valence-corrected chi connectivity index (χ0v) is 10.4. The van der Waals surface area contributed by atoms with Crippen molar-refractivity contribution in [1.29, 1.82) is 5.26 Å². The second-order valence-corrected chi connectivity index (χ2v) is 4.68. The van der Waals surface area contributed by atoms with Crippen LogP contribution in [0, 0.1) is 23.7 Å². The molecule has 0 amide bonds. The third-order valence-electron chi connectivity index (χ3n) is 2.78. The van der Waals surface area contributed by atoms with Gasteiger partial charge in [-0.3, -0.25) is 4.79 Å². The number of hydrogen-bond donors (Lipinski definition) is 0. The van der Waals surface area contributed by atoms with Crippen molar-refractivity contribution in [3.05, 3.63) is 34.3 Å². The van der Waals surface area contributed by atoms with E-state index in [4.69, 9.17) is 16.9 Å². The molecule has 0 heterocycles. The SMILES string of the molecule is CC(=O)C(C)(C#N)Cc1ccc(C)cc1Cl. The Morgan fingerprint density at radius 2 is 2.19 bits per heavy atom. The van der Waals surface area contributed by atoms with Crippen LogP contribution in [0.1, 0.15) is 25.0 Å². The minimum atomic E-state index is -0.987. The van der Waals surface area contributed by atoms with Gasteiger partial charge in [-0.25, -0.2) is 0 Å². The summed E-state index contributed by atoms with van der Waals surface area (Å²) in [5.74, 6) is -0.133. The average molecular weight is 236 g/mol. The van der Waals surface area contributed by atoms with E-state index in [-0.39, 0.29) is 5.78 Å². The molecular weight excluding hydrogens is 222 g/mol. The van der Waals surface area contributed by atoms with Crippen LogP contribution < -0.4 is 0 Å². The van der Waals surface area contributed by atoms with Crippen LogP contribution in [0.2, 0.25) is 5.02 Å². The molecule has 0 aromatic heterocycles. The van der Waals surface area contributed by atoms with Gasteiger partial charge >= 0.3 is 0 Å². The van der Waals surface area contributed by atoms with Crippen molar-refractivity contribution in [2.75, 3.05) is 0 Å². The molecule has 0 radical (unpaired) electrons. The first-order chi connectivity index (χ1) is 7.39. The molecule has 1 unspecified atom stereocenters. The molecule has 1 rings (SSSR count). The van der Waals surface area contributed by atoms with Gasteiger partial charge in [-0.2, -0.15) is 5.26 Å². The zero-order valence-electron chi connectivity index (χ0n) is 9.67. The Balaban J connectivity index is 3.05. The van der Waals surface area contributed by atoms with Crippen molar-refractivity contribution in [2.24, 2.45) is 5.41 Å². The normalized spacial score (nSPS) is 13.9. The maximum Gasteiger partial charge on any atom is 0.150 e. The van der Waals surface area contributed by atoms with Gasteiger partial charge in [0.25, 0.3) is 0 Å². The van der Waals surface area contributed by atoms with E-state index in [1.807, 2.05) is 25.1 Å². The minimum Gasteiger partial charge on any atom is -0.298 e. The fourth-order valence-electron chi connectivity index (χ4n) is 1.42. The van der Waals surface area contributed by atoms with E-state index in [2.05, 4.69) is 6.07 Å². The Kier molecular flexibility index (Phi) is 3.72. The Morgan fingerprint density at radius 1 is 1.56 bits per heavy atom. The molecule has 84 valence electrons. The number of aryl methyl sites for hydroxylation is 1. The van der Waals surface area contributed by atoms with Gasteiger partial charge < -0.3 is 0 Å². The van der Waals surface area contributed by atoms with Crippen LogP contribution in [0.5, 0.6) is 0 Å². The largest absolute Gasteiger partial charge is 0.298 e. The summed E-state index contributed by atoms with van der Waals surface area (Å²) < 4.78 is 0. The lowest BCUT2D eigenvalue weighted by Crippen LogP contribution is -2.26. The fourth-order valence-corrected chi connectivity index (χ4v) is 1.72. The number of halogens is 1. The van der Waals surface area contributed by atoms with E-state index >= 15 is 0 Å². The summed E-state index contributed by atoms with van der Waals surface area (Å²) in [5.41, 5.74) is 0.917. The van der Waals surface area contributed by atoms with Crippen molar-refractivity contribution in [3.8, 4) is 6.07 Å². The van der Waals surface area contributed by atoms with E-state index in [1.165, 1.54) is 6.92 Å². The van der Waals surface area contributed by atoms with E-state index in [0.717, 1.165) is 11.1 Å². The summed E-state index contributed by atoms with van der Waals surface area (Å²) in [5, 5.41) is 9.66. The summed E-state index contributed by atoms with van der Waals surface area (Å²) >= 11 is 6.08. The van der Waals surface area contributed by atoms with E-state index in [9.17, 15) is 4.79 Å². The molecule has 0 saturated carbocycles. The highest BCUT2D eigenvalue weighted by Crippen LogP contribution is 2.27. The molecule has 0 aliphatic heterocycles. The molecule has 0 N–H and O–H groups in total. The summed E-state index contributed by atoms with van der Waals surface area (Å²) in [6, 6.07) is 7.70. The molecule has 0 aliphatic carbocycles. The predicted octanol–water partition coefficient (Wildman–Crippen LogP) is 3.31. The molecule has 16 heavy (non-hydrogen) atoms. The van der Waals surface area contributed by atoms with Crippen LogP contribution in [0.3, 0.4) is 0 Å². The number of rotatable bonds is 3. The number of nitriles is 1. The third-order valence-corrected chi connectivity index (χ3v) is 3.13. The topological polar surface area (TPSA) is 40.9 Å². The molecule has 2 nitrogen and oxygen atoms in total. The van der Waals surface area contributed by atoms with E-state index in [0.29, 0.717) is 11.4 Å². The Labute approximate surface area is 101 Å². The molecule has 0 spiro atoms. The lowest BCUT2D eigenvalue weighted by atomic mass is 9.81. The van der Waals surface area contributed by atoms with Crippen LogP contribution in [0.25, 0.3) is 0 Å². The second kappa shape index (κ2) is 4.67. The lowest BCUT2D eigenvalue weighted by Gasteiger charge is -2.18. The summed E-state index contributed by atoms with van der Waals surface area (Å²) in [7, 11) is 0. The zero-order chi connectivity index (χ0) is 12.3. The molecule has 0 fully saturated rings. The Bertz CT molecular complexity index is 461. The van der Waals surface area contributed by atoms with Crippen LogP contribution in [0.15, 0.2) is 18.2 Å². The minimum absolute atomic E-state index is 0.133. The molecule has 1 aromatic carbocycles. The summed E-state index contributed by atoms with van der Waals surface area (Å²) in [6.45, 7) is 5.03. The standard InChI is InChI=1S/C13H14ClNO/c1-9-4-5-11(12(14)6-9)7-13(3,8-15)10(2)16/h4-6H,7H2,1-3H3. The van der Waals surface area contributed by atoms with Gasteiger partial charge in [0.05, 0.1) is 6.07 Å². The maximum absolute atomic E-state index is 11.4. The van der Waals surface area contributed by atoms with Crippen LogP contribution >= 0.6 is 11.6 Å². The number of benzene rings is 1. The summed E-state index contributed by atoms with van der Waals surface area (Å²) in [6.07, 6.45) is 0.359. The molecule has 1 atom stereocenters. The lowest BCUT2D eigenvalue weighted by molar-refractivity contribution is -0.123. The van der Waals surface area contributed by atoms with Gasteiger partial charge in [-0.1, -0.05) is 23.7 Å². The second-order valence-electron chi connectivity index (χ2n) is 4.27. The first-order valence-electron chi connectivity index (χ1n) is 5.06. The molecular formula is C13H14ClNO. The van der Waals surface area contributed by atoms with Crippen LogP contribution in [0.4, 0.5) is 0 Å². The van der Waals surface area contributed by atoms with Crippen molar-refractivity contribution in [3.63, 3.8) is 0 Å². The smallest absolute Gasteiger partial charge is 0.150 e. The number of carbonyl (C=O) groups excluding carboxylic acids is 1. The first-order valence-corrected chi connectivity index (χ1v) is 5.44. The van der Waals surface area contributed by atoms with E-state index < -0.39 is 5.41 Å². The van der Waals surface area contributed by atoms with Crippen LogP contribution in [-0.2, 0) is 11.2 Å². The monoisotopic (exact) mass is 235 g/mol. The molecule has 0 aliphatic rings. The highest BCUT2D eigenvalue weighted by molar-refractivity contribution is 6.31. The van der Waals surface area contributed by atoms with Crippen molar-refractivity contribution in [2.45, 2.75) is 27.2 Å². The number of carbonyl (C=O) groups is 1. The summed E-state index contributed by atoms with van der Waals surface area (Å²) in [4.78, 5) is 11.4. The number of nitrogens with zero attached hydrogens (tertiary/aromatic N) is 1. The molecule has 0 saturated heterocycles. The Hall–Kier alpha value is -1.33. The number of ketones is 1. The highest BCUT2D eigenvalue weighted by Gasteiger charge is 2.30. The highest BCUT2D eigenvalue weighted by atomic mass is 35.5. The van der Waals surface area contributed by atoms with Gasteiger partial charge in [0.15, 0.2) is 0 Å². The van der Waals surface area contributed by atoms with Gasteiger partial charge in [-0.05, 0) is 44.4 Å². The van der Waals surface area contributed by atoms with Gasteiger partial charge in [-0.15, -0.1) is 0 Å². The predicted molar refractivity (Wildman–Crippen MR) is 64.3 cm³/mol. The third kappa shape index (κ3) is 2.62. The fraction of sp³-hybridized carbons (Fsp3) is 0.385. The number of Topliss-reactive ketones (excluding diaryl/α,β-unsaturated/α-hetero) is 1. The van der Waals surface area contributed by atoms with Gasteiger partial charge in [0.2, 0.25) is 0 Å². The molecule has 0 bridgehead atoms. The number of hydrogen-bond acceptors (Lipinski definition) is 2.